The molecule has 1 N–H and O–H groups in total. The van der Waals surface area contributed by atoms with Crippen molar-refractivity contribution in [3.05, 3.63) is 12.7 Å². The molecule has 0 saturated carbocycles. The van der Waals surface area contributed by atoms with Crippen LogP contribution in [-0.4, -0.2) is 66.8 Å². The van der Waals surface area contributed by atoms with E-state index in [1.54, 1.807) is 0 Å². The van der Waals surface area contributed by atoms with Crippen molar-refractivity contribution in [2.24, 2.45) is 0 Å². The Labute approximate surface area is 121 Å². The molecular weight excluding hydrogens is 254 g/mol. The monoisotopic (exact) mass is 281 g/mol. The van der Waals surface area contributed by atoms with E-state index in [0.717, 1.165) is 32.5 Å². The van der Waals surface area contributed by atoms with Gasteiger partial charge in [-0.25, -0.2) is 4.79 Å². The van der Waals surface area contributed by atoms with Crippen LogP contribution in [0.2, 0.25) is 0 Å². The van der Waals surface area contributed by atoms with E-state index in [0.29, 0.717) is 19.1 Å². The molecule has 5 heteroatoms. The predicted molar refractivity (Wildman–Crippen MR) is 79.8 cm³/mol. The van der Waals surface area contributed by atoms with E-state index in [4.69, 9.17) is 4.74 Å². The van der Waals surface area contributed by atoms with Gasteiger partial charge in [0.15, 0.2) is 0 Å². The molecule has 2 amide bonds. The van der Waals surface area contributed by atoms with Crippen LogP contribution < -0.4 is 5.32 Å². The number of nitrogens with one attached hydrogen (secondary N) is 1. The number of carbonyl (C=O) groups is 1. The van der Waals surface area contributed by atoms with E-state index in [1.165, 1.54) is 0 Å². The molecule has 2 atom stereocenters. The Kier molecular flexibility index (Phi) is 5.43. The summed E-state index contributed by atoms with van der Waals surface area (Å²) in [4.78, 5) is 16.5. The number of rotatable bonds is 3. The smallest absolute Gasteiger partial charge is 0.317 e. The molecule has 2 heterocycles. The summed E-state index contributed by atoms with van der Waals surface area (Å²) >= 11 is 0. The molecule has 0 aromatic carbocycles. The zero-order chi connectivity index (χ0) is 14.5. The van der Waals surface area contributed by atoms with Crippen LogP contribution in [0.3, 0.4) is 0 Å². The number of hydrogen-bond acceptors (Lipinski definition) is 3. The lowest BCUT2D eigenvalue weighted by Crippen LogP contribution is -2.54. The number of hydrogen-bond donors (Lipinski definition) is 1. The van der Waals surface area contributed by atoms with Crippen molar-refractivity contribution in [2.45, 2.75) is 44.9 Å². The highest BCUT2D eigenvalue weighted by molar-refractivity contribution is 5.74. The Morgan fingerprint density at radius 3 is 2.45 bits per heavy atom. The molecule has 2 saturated heterocycles. The van der Waals surface area contributed by atoms with E-state index >= 15 is 0 Å². The maximum atomic E-state index is 12.3. The second-order valence-corrected chi connectivity index (χ2v) is 5.98. The zero-order valence-electron chi connectivity index (χ0n) is 12.7. The molecular formula is C15H27N3O2. The zero-order valence-corrected chi connectivity index (χ0v) is 12.7. The Balaban J connectivity index is 1.76. The highest BCUT2D eigenvalue weighted by atomic mass is 16.5. The summed E-state index contributed by atoms with van der Waals surface area (Å²) in [6, 6.07) is 0.367. The molecule has 0 bridgehead atoms. The van der Waals surface area contributed by atoms with Crippen molar-refractivity contribution in [1.29, 1.82) is 0 Å². The molecule has 2 aliphatic rings. The fraction of sp³-hybridized carbons (Fsp3) is 0.800. The van der Waals surface area contributed by atoms with Crippen molar-refractivity contribution in [3.63, 3.8) is 0 Å². The molecule has 0 aromatic heterocycles. The molecule has 0 aliphatic carbocycles. The Morgan fingerprint density at radius 2 is 1.90 bits per heavy atom. The van der Waals surface area contributed by atoms with Gasteiger partial charge in [-0.3, -0.25) is 4.90 Å². The summed E-state index contributed by atoms with van der Waals surface area (Å²) in [6.07, 6.45) is 4.23. The topological polar surface area (TPSA) is 44.8 Å². The minimum atomic E-state index is 0.0640. The third kappa shape index (κ3) is 4.21. The lowest BCUT2D eigenvalue weighted by molar-refractivity contribution is -0.0549. The van der Waals surface area contributed by atoms with E-state index in [-0.39, 0.29) is 18.2 Å². The fourth-order valence-electron chi connectivity index (χ4n) is 3.05. The molecule has 0 aromatic rings. The minimum Gasteiger partial charge on any atom is -0.372 e. The highest BCUT2D eigenvalue weighted by Crippen LogP contribution is 2.13. The van der Waals surface area contributed by atoms with Crippen LogP contribution >= 0.6 is 0 Å². The molecule has 2 fully saturated rings. The number of morpholine rings is 1. The van der Waals surface area contributed by atoms with Gasteiger partial charge < -0.3 is 15.0 Å². The lowest BCUT2D eigenvalue weighted by Gasteiger charge is -2.37. The van der Waals surface area contributed by atoms with Crippen molar-refractivity contribution >= 4 is 6.03 Å². The van der Waals surface area contributed by atoms with Gasteiger partial charge in [-0.15, -0.1) is 6.58 Å². The number of nitrogens with zero attached hydrogens (tertiary/aromatic N) is 2. The van der Waals surface area contributed by atoms with E-state index in [2.05, 4.69) is 16.8 Å². The quantitative estimate of drug-likeness (QED) is 0.797. The molecule has 0 spiro atoms. The normalized spacial score (nSPS) is 29.2. The number of likely N-dealkylation sites (tertiary alicyclic amines) is 1. The molecule has 2 unspecified atom stereocenters. The van der Waals surface area contributed by atoms with Gasteiger partial charge >= 0.3 is 6.03 Å². The molecule has 114 valence electrons. The average Bonchev–Trinajstić information content (AvgIpc) is 2.40. The summed E-state index contributed by atoms with van der Waals surface area (Å²) in [5, 5.41) is 3.17. The highest BCUT2D eigenvalue weighted by Gasteiger charge is 2.28. The van der Waals surface area contributed by atoms with E-state index in [1.807, 2.05) is 24.8 Å². The number of urea groups is 1. The third-order valence-electron chi connectivity index (χ3n) is 4.01. The number of carbonyl (C=O) groups excluding carboxylic acids is 1. The van der Waals surface area contributed by atoms with Gasteiger partial charge in [0.25, 0.3) is 0 Å². The summed E-state index contributed by atoms with van der Waals surface area (Å²) in [6.45, 7) is 12.2. The van der Waals surface area contributed by atoms with E-state index < -0.39 is 0 Å². The minimum absolute atomic E-state index is 0.0640. The Bertz CT molecular complexity index is 330. The first-order chi connectivity index (χ1) is 9.58. The van der Waals surface area contributed by atoms with Crippen molar-refractivity contribution in [2.75, 3.05) is 32.7 Å². The standard InChI is InChI=1S/C15H27N3O2/c1-4-7-17-8-5-14(6-9-17)16-15(19)18-10-12(2)20-13(3)11-18/h4,12-14H,1,5-11H2,2-3H3,(H,16,19). The molecule has 5 nitrogen and oxygen atoms in total. The second kappa shape index (κ2) is 7.09. The van der Waals surface area contributed by atoms with Crippen LogP contribution in [0, 0.1) is 0 Å². The van der Waals surface area contributed by atoms with Crippen LogP contribution in [-0.2, 0) is 4.74 Å². The van der Waals surface area contributed by atoms with Gasteiger partial charge in [-0.05, 0) is 26.7 Å². The van der Waals surface area contributed by atoms with Gasteiger partial charge in [0.05, 0.1) is 12.2 Å². The Hall–Kier alpha value is -1.07. The van der Waals surface area contributed by atoms with Crippen LogP contribution in [0.25, 0.3) is 0 Å². The lowest BCUT2D eigenvalue weighted by atomic mass is 10.1. The molecule has 2 rings (SSSR count). The van der Waals surface area contributed by atoms with Crippen LogP contribution in [0.5, 0.6) is 0 Å². The summed E-state index contributed by atoms with van der Waals surface area (Å²) in [7, 11) is 0. The fourth-order valence-corrected chi connectivity index (χ4v) is 3.05. The molecule has 2 aliphatic heterocycles. The van der Waals surface area contributed by atoms with Gasteiger partial charge in [0.2, 0.25) is 0 Å². The van der Waals surface area contributed by atoms with E-state index in [9.17, 15) is 4.79 Å². The SMILES string of the molecule is C=CCN1CCC(NC(=O)N2CC(C)OC(C)C2)CC1. The first kappa shape index (κ1) is 15.3. The van der Waals surface area contributed by atoms with Crippen molar-refractivity contribution < 1.29 is 9.53 Å². The summed E-state index contributed by atoms with van der Waals surface area (Å²) in [5.41, 5.74) is 0. The first-order valence-electron chi connectivity index (χ1n) is 7.62. The second-order valence-electron chi connectivity index (χ2n) is 5.98. The van der Waals surface area contributed by atoms with Crippen LogP contribution in [0.15, 0.2) is 12.7 Å². The largest absolute Gasteiger partial charge is 0.372 e. The number of ether oxygens (including phenoxy) is 1. The Morgan fingerprint density at radius 1 is 1.30 bits per heavy atom. The third-order valence-corrected chi connectivity index (χ3v) is 4.01. The first-order valence-corrected chi connectivity index (χ1v) is 7.62. The maximum Gasteiger partial charge on any atom is 0.317 e. The van der Waals surface area contributed by atoms with Gasteiger partial charge in [0.1, 0.15) is 0 Å². The summed E-state index contributed by atoms with van der Waals surface area (Å²) in [5.74, 6) is 0. The van der Waals surface area contributed by atoms with Crippen molar-refractivity contribution in [3.8, 4) is 0 Å². The van der Waals surface area contributed by atoms with Crippen LogP contribution in [0.4, 0.5) is 4.79 Å². The van der Waals surface area contributed by atoms with Gasteiger partial charge in [-0.2, -0.15) is 0 Å². The van der Waals surface area contributed by atoms with Gasteiger partial charge in [0, 0.05) is 38.8 Å². The average molecular weight is 281 g/mol. The molecule has 20 heavy (non-hydrogen) atoms. The number of amides is 2. The molecule has 0 radical (unpaired) electrons. The maximum absolute atomic E-state index is 12.3. The number of piperidine rings is 1. The van der Waals surface area contributed by atoms with Crippen LogP contribution in [0.1, 0.15) is 26.7 Å². The van der Waals surface area contributed by atoms with Crippen molar-refractivity contribution in [1.82, 2.24) is 15.1 Å². The van der Waals surface area contributed by atoms with Gasteiger partial charge in [-0.1, -0.05) is 6.08 Å². The predicted octanol–water partition coefficient (Wildman–Crippen LogP) is 1.46. The summed E-state index contributed by atoms with van der Waals surface area (Å²) < 4.78 is 5.66.